The number of nitrogens with zero attached hydrogens (tertiary/aromatic N) is 3. The van der Waals surface area contributed by atoms with Gasteiger partial charge in [-0.3, -0.25) is 19.5 Å². The zero-order valence-corrected chi connectivity index (χ0v) is 21.4. The summed E-state index contributed by atoms with van der Waals surface area (Å²) in [6.07, 6.45) is 1.36. The number of carbonyl (C=O) groups is 1. The molecule has 0 spiro atoms. The maximum atomic E-state index is 13.6. The van der Waals surface area contributed by atoms with E-state index in [2.05, 4.69) is 4.99 Å². The lowest BCUT2D eigenvalue weighted by molar-refractivity contribution is -0.384. The summed E-state index contributed by atoms with van der Waals surface area (Å²) >= 11 is 1.06. The molecule has 0 bridgehead atoms. The standard InChI is InChI=1S/C26H25N3O7S/c1-5-35-25(32)22-15(4)27-26-28(23(22)16-6-9-19(10-7-16)36-14(2)3)24(31)21(37-26)13-17-12-18(29(33)34)8-11-20(17)30/h6-14,23,30H,5H2,1-4H3/b21-13-/t23-/m0/s1. The highest BCUT2D eigenvalue weighted by Crippen LogP contribution is 2.32. The van der Waals surface area contributed by atoms with Crippen molar-refractivity contribution in [2.75, 3.05) is 6.61 Å². The van der Waals surface area contributed by atoms with Crippen LogP contribution in [0, 0.1) is 10.1 Å². The van der Waals surface area contributed by atoms with Gasteiger partial charge in [0.25, 0.3) is 11.2 Å². The number of aromatic hydroxyl groups is 1. The minimum absolute atomic E-state index is 0.0222. The molecule has 1 aliphatic heterocycles. The summed E-state index contributed by atoms with van der Waals surface area (Å²) < 4.78 is 12.6. The molecule has 10 nitrogen and oxygen atoms in total. The smallest absolute Gasteiger partial charge is 0.338 e. The number of carbonyl (C=O) groups excluding carboxylic acids is 1. The number of nitro groups is 1. The Kier molecular flexibility index (Phi) is 7.25. The molecule has 37 heavy (non-hydrogen) atoms. The van der Waals surface area contributed by atoms with E-state index in [0.717, 1.165) is 11.3 Å². The van der Waals surface area contributed by atoms with E-state index in [1.54, 1.807) is 38.1 Å². The largest absolute Gasteiger partial charge is 0.507 e. The van der Waals surface area contributed by atoms with Gasteiger partial charge in [0.05, 0.1) is 39.5 Å². The topological polar surface area (TPSA) is 133 Å². The molecule has 0 saturated carbocycles. The van der Waals surface area contributed by atoms with E-state index in [1.807, 2.05) is 13.8 Å². The molecule has 11 heteroatoms. The van der Waals surface area contributed by atoms with Gasteiger partial charge in [-0.1, -0.05) is 23.5 Å². The normalized spacial score (nSPS) is 15.4. The molecule has 3 aromatic rings. The molecule has 4 rings (SSSR count). The van der Waals surface area contributed by atoms with Gasteiger partial charge in [0.15, 0.2) is 4.80 Å². The summed E-state index contributed by atoms with van der Waals surface area (Å²) in [6.45, 7) is 7.35. The molecule has 1 atom stereocenters. The van der Waals surface area contributed by atoms with E-state index < -0.39 is 22.5 Å². The number of fused-ring (bicyclic) bond motifs is 1. The van der Waals surface area contributed by atoms with Gasteiger partial charge < -0.3 is 14.6 Å². The number of phenols is 1. The summed E-state index contributed by atoms with van der Waals surface area (Å²) in [5.74, 6) is -0.148. The van der Waals surface area contributed by atoms with Crippen LogP contribution in [0.25, 0.3) is 6.08 Å². The molecule has 0 fully saturated rings. The van der Waals surface area contributed by atoms with Gasteiger partial charge in [-0.15, -0.1) is 0 Å². The third-order valence-corrected chi connectivity index (χ3v) is 6.58. The highest BCUT2D eigenvalue weighted by atomic mass is 32.1. The first-order valence-corrected chi connectivity index (χ1v) is 12.4. The van der Waals surface area contributed by atoms with Crippen LogP contribution in [0.1, 0.15) is 44.9 Å². The van der Waals surface area contributed by atoms with Crippen molar-refractivity contribution >= 4 is 29.1 Å². The van der Waals surface area contributed by atoms with Gasteiger partial charge in [-0.05, 0) is 57.5 Å². The summed E-state index contributed by atoms with van der Waals surface area (Å²) in [4.78, 5) is 42.1. The van der Waals surface area contributed by atoms with Crippen LogP contribution < -0.4 is 19.6 Å². The molecule has 0 aliphatic carbocycles. The second-order valence-corrected chi connectivity index (χ2v) is 9.55. The van der Waals surface area contributed by atoms with Crippen LogP contribution in [0.4, 0.5) is 5.69 Å². The number of ether oxygens (including phenoxy) is 2. The minimum atomic E-state index is -0.816. The van der Waals surface area contributed by atoms with Crippen molar-refractivity contribution in [3.63, 3.8) is 0 Å². The molecule has 0 unspecified atom stereocenters. The Hall–Kier alpha value is -4.25. The average molecular weight is 524 g/mol. The Balaban J connectivity index is 1.92. The molecule has 1 aromatic heterocycles. The first-order chi connectivity index (χ1) is 17.6. The fraction of sp³-hybridized carbons (Fsp3) is 0.269. The lowest BCUT2D eigenvalue weighted by Gasteiger charge is -2.25. The Bertz CT molecular complexity index is 1580. The molecule has 192 valence electrons. The van der Waals surface area contributed by atoms with E-state index in [-0.39, 0.29) is 39.8 Å². The van der Waals surface area contributed by atoms with E-state index in [4.69, 9.17) is 9.47 Å². The molecule has 0 saturated heterocycles. The summed E-state index contributed by atoms with van der Waals surface area (Å²) in [7, 11) is 0. The average Bonchev–Trinajstić information content (AvgIpc) is 3.14. The summed E-state index contributed by atoms with van der Waals surface area (Å²) in [5, 5.41) is 21.4. The zero-order chi connectivity index (χ0) is 26.9. The van der Waals surface area contributed by atoms with Crippen LogP contribution in [0.5, 0.6) is 11.5 Å². The van der Waals surface area contributed by atoms with E-state index in [1.165, 1.54) is 28.8 Å². The Morgan fingerprint density at radius 1 is 1.27 bits per heavy atom. The van der Waals surface area contributed by atoms with Crippen molar-refractivity contribution in [1.29, 1.82) is 0 Å². The Morgan fingerprint density at radius 2 is 1.97 bits per heavy atom. The maximum absolute atomic E-state index is 13.6. The van der Waals surface area contributed by atoms with Crippen LogP contribution >= 0.6 is 11.3 Å². The second kappa shape index (κ2) is 10.4. The van der Waals surface area contributed by atoms with Gasteiger partial charge in [-0.2, -0.15) is 0 Å². The zero-order valence-electron chi connectivity index (χ0n) is 20.6. The van der Waals surface area contributed by atoms with E-state index >= 15 is 0 Å². The molecule has 2 heterocycles. The highest BCUT2D eigenvalue weighted by Gasteiger charge is 2.33. The molecule has 1 aliphatic rings. The number of aromatic nitrogens is 1. The third kappa shape index (κ3) is 5.17. The van der Waals surface area contributed by atoms with Gasteiger partial charge >= 0.3 is 5.97 Å². The lowest BCUT2D eigenvalue weighted by Crippen LogP contribution is -2.39. The van der Waals surface area contributed by atoms with Gasteiger partial charge in [-0.25, -0.2) is 9.79 Å². The Labute approximate surface area is 215 Å². The number of esters is 1. The number of non-ortho nitro benzene ring substituents is 1. The van der Waals surface area contributed by atoms with Gasteiger partial charge in [0, 0.05) is 17.7 Å². The Morgan fingerprint density at radius 3 is 2.59 bits per heavy atom. The predicted molar refractivity (Wildman–Crippen MR) is 137 cm³/mol. The third-order valence-electron chi connectivity index (χ3n) is 5.59. The SMILES string of the molecule is CCOC(=O)C1=C(C)N=c2s/c(=C\c3cc([N+](=O)[O-])ccc3O)c(=O)n2[C@H]1c1ccc(OC(C)C)cc1. The number of hydrogen-bond acceptors (Lipinski definition) is 9. The summed E-state index contributed by atoms with van der Waals surface area (Å²) in [6, 6.07) is 9.85. The van der Waals surface area contributed by atoms with Crippen LogP contribution in [-0.2, 0) is 9.53 Å². The quantitative estimate of drug-likeness (QED) is 0.286. The number of hydrogen-bond donors (Lipinski definition) is 1. The van der Waals surface area contributed by atoms with Crippen molar-refractivity contribution in [2.45, 2.75) is 39.8 Å². The molecule has 0 radical (unpaired) electrons. The van der Waals surface area contributed by atoms with Crippen LogP contribution in [-0.4, -0.2) is 33.3 Å². The molecule has 2 aromatic carbocycles. The first kappa shape index (κ1) is 25.8. The molecule has 0 amide bonds. The number of thiazole rings is 1. The van der Waals surface area contributed by atoms with Crippen LogP contribution in [0.3, 0.4) is 0 Å². The molecule has 1 N–H and O–H groups in total. The van der Waals surface area contributed by atoms with Crippen molar-refractivity contribution in [3.05, 3.63) is 94.7 Å². The minimum Gasteiger partial charge on any atom is -0.507 e. The fourth-order valence-electron chi connectivity index (χ4n) is 4.02. The molecular weight excluding hydrogens is 498 g/mol. The predicted octanol–water partition coefficient (Wildman–Crippen LogP) is 3.20. The van der Waals surface area contributed by atoms with Gasteiger partial charge in [0.2, 0.25) is 0 Å². The number of nitro benzene ring substituents is 1. The molecular formula is C26H25N3O7S. The summed E-state index contributed by atoms with van der Waals surface area (Å²) in [5.41, 5.74) is 0.732. The monoisotopic (exact) mass is 523 g/mol. The lowest BCUT2D eigenvalue weighted by atomic mass is 9.96. The van der Waals surface area contributed by atoms with Crippen molar-refractivity contribution in [3.8, 4) is 11.5 Å². The van der Waals surface area contributed by atoms with Crippen LogP contribution in [0.15, 0.2) is 63.5 Å². The number of allylic oxidation sites excluding steroid dienone is 1. The van der Waals surface area contributed by atoms with Crippen LogP contribution in [0.2, 0.25) is 0 Å². The fourth-order valence-corrected chi connectivity index (χ4v) is 5.06. The number of phenolic OH excluding ortho intramolecular Hbond substituents is 1. The van der Waals surface area contributed by atoms with Crippen molar-refractivity contribution in [2.24, 2.45) is 4.99 Å². The number of rotatable bonds is 7. The van der Waals surface area contributed by atoms with E-state index in [0.29, 0.717) is 21.8 Å². The maximum Gasteiger partial charge on any atom is 0.338 e. The highest BCUT2D eigenvalue weighted by molar-refractivity contribution is 7.07. The van der Waals surface area contributed by atoms with Crippen molar-refractivity contribution in [1.82, 2.24) is 4.57 Å². The first-order valence-electron chi connectivity index (χ1n) is 11.5. The number of benzene rings is 2. The van der Waals surface area contributed by atoms with Crippen molar-refractivity contribution < 1.29 is 24.3 Å². The van der Waals surface area contributed by atoms with Gasteiger partial charge in [0.1, 0.15) is 11.5 Å². The second-order valence-electron chi connectivity index (χ2n) is 8.54. The van der Waals surface area contributed by atoms with E-state index in [9.17, 15) is 24.8 Å².